The molecule has 1 saturated carbocycles. The van der Waals surface area contributed by atoms with Crippen molar-refractivity contribution in [1.29, 1.82) is 0 Å². The number of alkyl halides is 2. The zero-order chi connectivity index (χ0) is 19.9. The molecule has 0 unspecified atom stereocenters. The number of hydrogen-bond donors (Lipinski definition) is 2. The van der Waals surface area contributed by atoms with E-state index in [1.54, 1.807) is 4.31 Å². The summed E-state index contributed by atoms with van der Waals surface area (Å²) in [5.41, 5.74) is 0. The van der Waals surface area contributed by atoms with Crippen LogP contribution in [-0.2, 0) is 10.0 Å². The summed E-state index contributed by atoms with van der Waals surface area (Å²) in [4.78, 5) is 0.112. The third-order valence-corrected chi connectivity index (χ3v) is 8.22. The Bertz CT molecular complexity index is 770. The van der Waals surface area contributed by atoms with E-state index in [2.05, 4.69) is 10.1 Å². The van der Waals surface area contributed by atoms with Crippen molar-refractivity contribution in [3.8, 4) is 5.75 Å². The van der Waals surface area contributed by atoms with Crippen LogP contribution >= 0.6 is 0 Å². The van der Waals surface area contributed by atoms with Crippen molar-refractivity contribution >= 4 is 10.0 Å². The van der Waals surface area contributed by atoms with Crippen molar-refractivity contribution in [2.45, 2.75) is 74.3 Å². The van der Waals surface area contributed by atoms with E-state index in [9.17, 15) is 22.3 Å². The molecule has 0 spiro atoms. The first-order valence-electron chi connectivity index (χ1n) is 9.83. The summed E-state index contributed by atoms with van der Waals surface area (Å²) in [6, 6.07) is 5.42. The van der Waals surface area contributed by atoms with Gasteiger partial charge in [0.15, 0.2) is 0 Å². The van der Waals surface area contributed by atoms with Crippen LogP contribution in [0.1, 0.15) is 38.5 Å². The number of nitrogens with zero attached hydrogens (tertiary/aromatic N) is 1. The number of sulfonamides is 1. The lowest BCUT2D eigenvalue weighted by atomic mass is 9.82. The van der Waals surface area contributed by atoms with Gasteiger partial charge in [0.25, 0.3) is 0 Å². The summed E-state index contributed by atoms with van der Waals surface area (Å²) in [6.07, 6.45) is 4.77. The maximum absolute atomic E-state index is 13.1. The van der Waals surface area contributed by atoms with Crippen molar-refractivity contribution in [1.82, 2.24) is 9.62 Å². The predicted octanol–water partition coefficient (Wildman–Crippen LogP) is 2.33. The van der Waals surface area contributed by atoms with Gasteiger partial charge in [-0.05, 0) is 75.3 Å². The fraction of sp³-hybridized carbons (Fsp3) is 0.684. The second-order valence-electron chi connectivity index (χ2n) is 8.14. The first-order valence-corrected chi connectivity index (χ1v) is 11.3. The molecular formula is C19H26F2N2O4S. The van der Waals surface area contributed by atoms with Crippen LogP contribution < -0.4 is 10.1 Å². The number of rotatable bonds is 7. The highest BCUT2D eigenvalue weighted by molar-refractivity contribution is 7.89. The van der Waals surface area contributed by atoms with Crippen molar-refractivity contribution in [2.75, 3.05) is 6.54 Å². The van der Waals surface area contributed by atoms with Crippen molar-refractivity contribution < 1.29 is 27.0 Å². The van der Waals surface area contributed by atoms with Gasteiger partial charge >= 0.3 is 6.61 Å². The van der Waals surface area contributed by atoms with E-state index in [4.69, 9.17) is 0 Å². The lowest BCUT2D eigenvalue weighted by molar-refractivity contribution is -0.0498. The van der Waals surface area contributed by atoms with Crippen molar-refractivity contribution in [3.63, 3.8) is 0 Å². The smallest absolute Gasteiger partial charge is 0.387 e. The van der Waals surface area contributed by atoms with E-state index in [-0.39, 0.29) is 28.8 Å². The summed E-state index contributed by atoms with van der Waals surface area (Å²) in [6.45, 7) is -2.06. The number of nitrogens with one attached hydrogen (secondary N) is 1. The number of aliphatic hydroxyl groups is 1. The van der Waals surface area contributed by atoms with Crippen LogP contribution in [0.15, 0.2) is 29.2 Å². The normalized spacial score (nSPS) is 33.1. The Labute approximate surface area is 163 Å². The Morgan fingerprint density at radius 2 is 1.71 bits per heavy atom. The monoisotopic (exact) mass is 416 g/mol. The SMILES string of the molecule is O=S(=O)(c1ccc(OC(F)F)cc1)N1[C@H]2CC[C@H]1CC(NCC1CC(O)C1)C2. The third kappa shape index (κ3) is 4.03. The second kappa shape index (κ2) is 7.85. The van der Waals surface area contributed by atoms with Crippen molar-refractivity contribution in [2.24, 2.45) is 5.92 Å². The van der Waals surface area contributed by atoms with Gasteiger partial charge < -0.3 is 15.2 Å². The Kier molecular flexibility index (Phi) is 5.61. The molecule has 28 heavy (non-hydrogen) atoms. The van der Waals surface area contributed by atoms with Gasteiger partial charge in [-0.3, -0.25) is 0 Å². The molecule has 2 heterocycles. The fourth-order valence-electron chi connectivity index (χ4n) is 4.81. The molecule has 6 nitrogen and oxygen atoms in total. The standard InChI is InChI=1S/C19H26F2N2O4S/c20-19(21)27-17-3-5-18(6-4-17)28(25,26)23-14-1-2-15(23)10-13(9-14)22-11-12-7-16(24)8-12/h3-6,12-16,19,22,24H,1-2,7-11H2/t12?,14-,15-,16?/m0/s1. The van der Waals surface area contributed by atoms with Crippen LogP contribution in [0.2, 0.25) is 0 Å². The highest BCUT2D eigenvalue weighted by Gasteiger charge is 2.47. The first-order chi connectivity index (χ1) is 13.3. The van der Waals surface area contributed by atoms with Crippen LogP contribution in [0.3, 0.4) is 0 Å². The van der Waals surface area contributed by atoms with Gasteiger partial charge in [0.2, 0.25) is 10.0 Å². The molecule has 2 saturated heterocycles. The topological polar surface area (TPSA) is 78.9 Å². The maximum Gasteiger partial charge on any atom is 0.387 e. The number of piperidine rings is 1. The van der Waals surface area contributed by atoms with Gasteiger partial charge in [0.05, 0.1) is 11.0 Å². The van der Waals surface area contributed by atoms with E-state index < -0.39 is 16.6 Å². The quantitative estimate of drug-likeness (QED) is 0.713. The van der Waals surface area contributed by atoms with Crippen LogP contribution in [0.25, 0.3) is 0 Å². The summed E-state index contributed by atoms with van der Waals surface area (Å²) in [5, 5.41) is 13.0. The third-order valence-electron chi connectivity index (χ3n) is 6.20. The molecule has 2 bridgehead atoms. The first kappa shape index (κ1) is 20.0. The lowest BCUT2D eigenvalue weighted by Gasteiger charge is -2.40. The van der Waals surface area contributed by atoms with Crippen LogP contribution in [0.5, 0.6) is 5.75 Å². The Morgan fingerprint density at radius 3 is 2.25 bits per heavy atom. The Hall–Kier alpha value is -1.29. The van der Waals surface area contributed by atoms with Gasteiger partial charge in [0.1, 0.15) is 5.75 Å². The molecule has 156 valence electrons. The van der Waals surface area contributed by atoms with E-state index >= 15 is 0 Å². The van der Waals surface area contributed by atoms with Gasteiger partial charge in [-0.1, -0.05) is 0 Å². The van der Waals surface area contributed by atoms with Gasteiger partial charge in [0, 0.05) is 18.1 Å². The van der Waals surface area contributed by atoms with Gasteiger partial charge in [-0.15, -0.1) is 0 Å². The number of fused-ring (bicyclic) bond motifs is 2. The minimum absolute atomic E-state index is 0.0368. The number of aliphatic hydroxyl groups excluding tert-OH is 1. The average molecular weight is 416 g/mol. The molecule has 4 rings (SSSR count). The van der Waals surface area contributed by atoms with E-state index in [1.165, 1.54) is 24.3 Å². The highest BCUT2D eigenvalue weighted by Crippen LogP contribution is 2.40. The average Bonchev–Trinajstić information content (AvgIpc) is 2.90. The van der Waals surface area contributed by atoms with E-state index in [0.717, 1.165) is 45.1 Å². The number of ether oxygens (including phenoxy) is 1. The second-order valence-corrected chi connectivity index (χ2v) is 9.98. The fourth-order valence-corrected chi connectivity index (χ4v) is 6.70. The lowest BCUT2D eigenvalue weighted by Crippen LogP contribution is -2.52. The number of halogens is 2. The maximum atomic E-state index is 13.1. The molecule has 9 heteroatoms. The molecule has 3 aliphatic rings. The molecule has 2 N–H and O–H groups in total. The molecular weight excluding hydrogens is 390 g/mol. The zero-order valence-corrected chi connectivity index (χ0v) is 16.3. The van der Waals surface area contributed by atoms with Crippen molar-refractivity contribution in [3.05, 3.63) is 24.3 Å². The molecule has 2 atom stereocenters. The van der Waals surface area contributed by atoms with Gasteiger partial charge in [-0.2, -0.15) is 13.1 Å². The minimum Gasteiger partial charge on any atom is -0.435 e. The van der Waals surface area contributed by atoms with Gasteiger partial charge in [-0.25, -0.2) is 8.42 Å². The predicted molar refractivity (Wildman–Crippen MR) is 98.7 cm³/mol. The molecule has 2 aliphatic heterocycles. The molecule has 0 aromatic heterocycles. The Morgan fingerprint density at radius 1 is 1.11 bits per heavy atom. The summed E-state index contributed by atoms with van der Waals surface area (Å²) in [7, 11) is -3.67. The zero-order valence-electron chi connectivity index (χ0n) is 15.5. The molecule has 1 aromatic carbocycles. The number of hydrogen-bond acceptors (Lipinski definition) is 5. The van der Waals surface area contributed by atoms with E-state index in [1.807, 2.05) is 0 Å². The van der Waals surface area contributed by atoms with E-state index in [0.29, 0.717) is 12.0 Å². The number of benzene rings is 1. The molecule has 3 fully saturated rings. The highest BCUT2D eigenvalue weighted by atomic mass is 32.2. The molecule has 1 aromatic rings. The van der Waals surface area contributed by atoms with Crippen LogP contribution in [-0.4, -0.2) is 55.2 Å². The largest absolute Gasteiger partial charge is 0.435 e. The summed E-state index contributed by atoms with van der Waals surface area (Å²) < 4.78 is 56.8. The summed E-state index contributed by atoms with van der Waals surface area (Å²) >= 11 is 0. The Balaban J connectivity index is 1.40. The molecule has 0 radical (unpaired) electrons. The van der Waals surface area contributed by atoms with Crippen LogP contribution in [0, 0.1) is 5.92 Å². The van der Waals surface area contributed by atoms with Crippen LogP contribution in [0.4, 0.5) is 8.78 Å². The molecule has 1 aliphatic carbocycles. The molecule has 0 amide bonds. The minimum atomic E-state index is -3.67. The summed E-state index contributed by atoms with van der Waals surface area (Å²) in [5.74, 6) is 0.462.